The number of aliphatic hydroxyl groups is 1. The zero-order valence-corrected chi connectivity index (χ0v) is 32.5. The van der Waals surface area contributed by atoms with Crippen LogP contribution < -0.4 is 11.4 Å². The molecule has 2 aliphatic heterocycles. The number of hydrogen-bond acceptors (Lipinski definition) is 5. The van der Waals surface area contributed by atoms with Gasteiger partial charge in [0.1, 0.15) is 0 Å². The van der Waals surface area contributed by atoms with Crippen LogP contribution in [0.3, 0.4) is 0 Å². The van der Waals surface area contributed by atoms with Gasteiger partial charge in [-0.05, 0) is 106 Å². The van der Waals surface area contributed by atoms with Gasteiger partial charge in [-0.3, -0.25) is 0 Å². The van der Waals surface area contributed by atoms with Crippen LogP contribution in [0, 0.1) is 28.6 Å². The number of rotatable bonds is 8. The second kappa shape index (κ2) is 11.0. The van der Waals surface area contributed by atoms with Crippen molar-refractivity contribution in [1.82, 2.24) is 13.9 Å². The lowest BCUT2D eigenvalue weighted by Gasteiger charge is -2.70. The molecule has 2 aromatic rings. The summed E-state index contributed by atoms with van der Waals surface area (Å²) < 4.78 is 18.8. The standard InChI is InChI=1S/C40H59N3O5Si/c1-27(47-25-24-36(5,6)46)30-16-17-31-37(30,7)20-19-32-38(8)21-18-29(48-49(9,10)35(2,3)4)26-39(38)22-23-40(31,32)43-34(45)41(33(44)42(39)43)28-14-12-11-13-15-28/h11-15,18,21-23,27,29-32,46H,16-17,19-20,24-26H2,1-10H3/t27-,29-,30+,31+,32+,37+,38+,39+,40-/m0/s1. The fraction of sp³-hybridized carbons (Fsp3) is 0.700. The van der Waals surface area contributed by atoms with Crippen molar-refractivity contribution in [3.63, 3.8) is 0 Å². The predicted octanol–water partition coefficient (Wildman–Crippen LogP) is 7.14. The van der Waals surface area contributed by atoms with Gasteiger partial charge in [-0.2, -0.15) is 0 Å². The topological polar surface area (TPSA) is 87.6 Å². The maximum absolute atomic E-state index is 15.0. The van der Waals surface area contributed by atoms with Crippen molar-refractivity contribution < 1.29 is 14.3 Å². The van der Waals surface area contributed by atoms with Gasteiger partial charge in [0.25, 0.3) is 0 Å². The second-order valence-electron chi connectivity index (χ2n) is 18.7. The molecule has 2 fully saturated rings. The SMILES string of the molecule is C[C@H](OCCC(C)(C)O)[C@H]1CC[C@@H]2[C@]1(C)CC[C@H]1[C@]23C=C[C@]2(C[C@@H](O[Si](C)(C)C(C)(C)C)C=C[C@]12C)n1c(=O)n(-c2ccccc2)c(=O)n13. The van der Waals surface area contributed by atoms with Gasteiger partial charge >= 0.3 is 11.4 Å². The van der Waals surface area contributed by atoms with E-state index in [-0.39, 0.29) is 51.3 Å². The lowest BCUT2D eigenvalue weighted by Crippen LogP contribution is -2.76. The largest absolute Gasteiger partial charge is 0.410 e. The van der Waals surface area contributed by atoms with Crippen molar-refractivity contribution >= 4 is 8.32 Å². The number of nitrogens with zero attached hydrogens (tertiary/aromatic N) is 3. The Morgan fingerprint density at radius 3 is 2.27 bits per heavy atom. The Morgan fingerprint density at radius 1 is 0.939 bits per heavy atom. The van der Waals surface area contributed by atoms with Gasteiger partial charge in [0.2, 0.25) is 0 Å². The number of hydrogen-bond donors (Lipinski definition) is 1. The Balaban J connectivity index is 1.38. The number of aromatic nitrogens is 3. The third-order valence-electron chi connectivity index (χ3n) is 14.6. The highest BCUT2D eigenvalue weighted by molar-refractivity contribution is 6.74. The molecular weight excluding hydrogens is 631 g/mol. The summed E-state index contributed by atoms with van der Waals surface area (Å²) in [6.45, 7) is 22.5. The molecule has 8 rings (SSSR count). The molecule has 0 amide bonds. The molecule has 4 aliphatic carbocycles. The Bertz CT molecular complexity index is 1790. The van der Waals surface area contributed by atoms with Crippen LogP contribution in [0.25, 0.3) is 5.69 Å². The Labute approximate surface area is 293 Å². The van der Waals surface area contributed by atoms with E-state index in [4.69, 9.17) is 9.16 Å². The maximum Gasteiger partial charge on any atom is 0.352 e. The number of benzene rings is 1. The van der Waals surface area contributed by atoms with E-state index in [1.807, 2.05) is 53.5 Å². The van der Waals surface area contributed by atoms with Gasteiger partial charge in [0.05, 0.1) is 34.6 Å². The number of ether oxygens (including phenoxy) is 1. The summed E-state index contributed by atoms with van der Waals surface area (Å²) in [5.41, 5.74) is -2.55. The number of fused-ring (bicyclic) bond motifs is 1. The van der Waals surface area contributed by atoms with Gasteiger partial charge in [-0.15, -0.1) is 0 Å². The molecule has 3 heterocycles. The van der Waals surface area contributed by atoms with Crippen molar-refractivity contribution in [2.45, 2.75) is 141 Å². The molecule has 268 valence electrons. The van der Waals surface area contributed by atoms with Crippen LogP contribution in [-0.2, 0) is 20.2 Å². The minimum atomic E-state index is -2.13. The molecule has 8 nitrogen and oxygen atoms in total. The summed E-state index contributed by atoms with van der Waals surface area (Å²) in [6, 6.07) is 9.44. The van der Waals surface area contributed by atoms with Crippen molar-refractivity contribution in [3.05, 3.63) is 75.6 Å². The van der Waals surface area contributed by atoms with Gasteiger partial charge in [0.15, 0.2) is 8.32 Å². The molecular formula is C40H59N3O5Si. The van der Waals surface area contributed by atoms with Crippen LogP contribution in [0.2, 0.25) is 18.1 Å². The van der Waals surface area contributed by atoms with Gasteiger partial charge < -0.3 is 14.3 Å². The first kappa shape index (κ1) is 35.0. The van der Waals surface area contributed by atoms with Crippen LogP contribution in [-0.4, -0.2) is 51.8 Å². The normalized spacial score (nSPS) is 37.0. The first-order valence-electron chi connectivity index (χ1n) is 18.7. The van der Waals surface area contributed by atoms with Gasteiger partial charge in [-0.1, -0.05) is 77.1 Å². The Morgan fingerprint density at radius 2 is 1.61 bits per heavy atom. The van der Waals surface area contributed by atoms with Crippen LogP contribution in [0.5, 0.6) is 0 Å². The molecule has 9 heteroatoms. The zero-order chi connectivity index (χ0) is 35.6. The smallest absolute Gasteiger partial charge is 0.352 e. The lowest BCUT2D eigenvalue weighted by atomic mass is 9.41. The summed E-state index contributed by atoms with van der Waals surface area (Å²) in [6.07, 6.45) is 14.4. The van der Waals surface area contributed by atoms with E-state index in [0.717, 1.165) is 25.7 Å². The molecule has 1 aromatic carbocycles. The zero-order valence-electron chi connectivity index (χ0n) is 31.5. The molecule has 6 aliphatic rings. The predicted molar refractivity (Wildman–Crippen MR) is 197 cm³/mol. The van der Waals surface area contributed by atoms with Crippen LogP contribution in [0.4, 0.5) is 0 Å². The van der Waals surface area contributed by atoms with E-state index in [2.05, 4.69) is 78.9 Å². The minimum Gasteiger partial charge on any atom is -0.410 e. The third kappa shape index (κ3) is 4.77. The molecule has 49 heavy (non-hydrogen) atoms. The third-order valence-corrected chi connectivity index (χ3v) is 19.1. The lowest BCUT2D eigenvalue weighted by molar-refractivity contribution is -0.171. The Hall–Kier alpha value is -2.46. The molecule has 9 atom stereocenters. The van der Waals surface area contributed by atoms with E-state index >= 15 is 4.79 Å². The first-order valence-corrected chi connectivity index (χ1v) is 21.6. The van der Waals surface area contributed by atoms with E-state index in [1.54, 1.807) is 0 Å². The Kier molecular flexibility index (Phi) is 7.86. The molecule has 2 spiro atoms. The minimum absolute atomic E-state index is 0.0202. The van der Waals surface area contributed by atoms with E-state index in [0.29, 0.717) is 31.1 Å². The molecule has 1 aromatic heterocycles. The van der Waals surface area contributed by atoms with Crippen molar-refractivity contribution in [2.75, 3.05) is 6.61 Å². The highest BCUT2D eigenvalue weighted by atomic mass is 28.4. The molecule has 1 N–H and O–H groups in total. The quantitative estimate of drug-likeness (QED) is 0.235. The van der Waals surface area contributed by atoms with Gasteiger partial charge in [0, 0.05) is 18.4 Å². The fourth-order valence-corrected chi connectivity index (χ4v) is 12.3. The average molecular weight is 690 g/mol. The van der Waals surface area contributed by atoms with Crippen LogP contribution >= 0.6 is 0 Å². The average Bonchev–Trinajstić information content (AvgIpc) is 3.51. The van der Waals surface area contributed by atoms with Crippen molar-refractivity contribution in [1.29, 1.82) is 0 Å². The maximum atomic E-state index is 15.0. The summed E-state index contributed by atoms with van der Waals surface area (Å²) in [4.78, 5) is 30.0. The summed E-state index contributed by atoms with van der Waals surface area (Å²) in [7, 11) is -2.13. The second-order valence-corrected chi connectivity index (χ2v) is 23.5. The van der Waals surface area contributed by atoms with Crippen LogP contribution in [0.15, 0.2) is 64.2 Å². The monoisotopic (exact) mass is 689 g/mol. The van der Waals surface area contributed by atoms with Crippen LogP contribution in [0.1, 0.15) is 93.9 Å². The first-order chi connectivity index (χ1) is 22.7. The number of allylic oxidation sites excluding steroid dienone is 3. The summed E-state index contributed by atoms with van der Waals surface area (Å²) in [5, 5.41) is 10.4. The molecule has 0 unspecified atom stereocenters. The summed E-state index contributed by atoms with van der Waals surface area (Å²) >= 11 is 0. The van der Waals surface area contributed by atoms with Crippen molar-refractivity contribution in [3.8, 4) is 5.69 Å². The summed E-state index contributed by atoms with van der Waals surface area (Å²) in [5.74, 6) is 0.600. The number of para-hydroxylation sites is 1. The highest BCUT2D eigenvalue weighted by Crippen LogP contribution is 2.73. The van der Waals surface area contributed by atoms with E-state index in [9.17, 15) is 9.90 Å². The molecule has 0 saturated heterocycles. The fourth-order valence-electron chi connectivity index (χ4n) is 11.0. The van der Waals surface area contributed by atoms with Gasteiger partial charge in [-0.25, -0.2) is 23.5 Å². The van der Waals surface area contributed by atoms with E-state index < -0.39 is 25.0 Å². The molecule has 0 radical (unpaired) electrons. The highest BCUT2D eigenvalue weighted by Gasteiger charge is 2.74. The molecule has 2 bridgehead atoms. The van der Waals surface area contributed by atoms with Crippen molar-refractivity contribution in [2.24, 2.45) is 28.6 Å². The molecule has 2 saturated carbocycles. The van der Waals surface area contributed by atoms with E-state index in [1.165, 1.54) is 4.57 Å².